The first-order valence-corrected chi connectivity index (χ1v) is 8.84. The standard InChI is InChI=1S/C18H22N2O4S/c1-11(2)14-6-5-12(3)7-15(14)23-9-17(22)24-8-16(21)20-18-19-13(4)10-25-18/h5-7,10-11H,8-9H2,1-4H3,(H,19,20,21). The van der Waals surface area contributed by atoms with Crippen molar-refractivity contribution in [3.8, 4) is 5.75 Å². The van der Waals surface area contributed by atoms with E-state index in [1.165, 1.54) is 11.3 Å². The Kier molecular flexibility index (Phi) is 6.52. The zero-order chi connectivity index (χ0) is 18.4. The zero-order valence-corrected chi connectivity index (χ0v) is 15.6. The SMILES string of the molecule is Cc1ccc(C(C)C)c(OCC(=O)OCC(=O)Nc2nc(C)cs2)c1. The fourth-order valence-electron chi connectivity index (χ4n) is 2.13. The zero-order valence-electron chi connectivity index (χ0n) is 14.8. The number of ether oxygens (including phenoxy) is 2. The van der Waals surface area contributed by atoms with Gasteiger partial charge < -0.3 is 9.47 Å². The summed E-state index contributed by atoms with van der Waals surface area (Å²) < 4.78 is 10.5. The molecule has 0 unspecified atom stereocenters. The Morgan fingerprint density at radius 2 is 2.00 bits per heavy atom. The molecule has 0 aliphatic heterocycles. The summed E-state index contributed by atoms with van der Waals surface area (Å²) in [4.78, 5) is 27.6. The van der Waals surface area contributed by atoms with Gasteiger partial charge >= 0.3 is 5.97 Å². The lowest BCUT2D eigenvalue weighted by molar-refractivity contribution is -0.149. The molecule has 0 atom stereocenters. The van der Waals surface area contributed by atoms with E-state index in [4.69, 9.17) is 9.47 Å². The molecule has 1 N–H and O–H groups in total. The molecule has 6 nitrogen and oxygen atoms in total. The van der Waals surface area contributed by atoms with Gasteiger partial charge in [0.05, 0.1) is 5.69 Å². The van der Waals surface area contributed by atoms with Gasteiger partial charge in [-0.1, -0.05) is 26.0 Å². The van der Waals surface area contributed by atoms with E-state index in [0.29, 0.717) is 10.9 Å². The van der Waals surface area contributed by atoms with Crippen LogP contribution in [0.25, 0.3) is 0 Å². The molecule has 0 spiro atoms. The van der Waals surface area contributed by atoms with Crippen molar-refractivity contribution in [2.24, 2.45) is 0 Å². The highest BCUT2D eigenvalue weighted by atomic mass is 32.1. The van der Waals surface area contributed by atoms with Crippen LogP contribution in [0.1, 0.15) is 36.6 Å². The van der Waals surface area contributed by atoms with E-state index in [9.17, 15) is 9.59 Å². The maximum atomic E-state index is 11.8. The Labute approximate surface area is 151 Å². The first-order chi connectivity index (χ1) is 11.8. The maximum absolute atomic E-state index is 11.8. The van der Waals surface area contributed by atoms with Crippen LogP contribution < -0.4 is 10.1 Å². The molecule has 0 bridgehead atoms. The van der Waals surface area contributed by atoms with Crippen LogP contribution in [0.4, 0.5) is 5.13 Å². The first kappa shape index (κ1) is 18.9. The Bertz CT molecular complexity index is 755. The second-order valence-corrected chi connectivity index (χ2v) is 6.85. The van der Waals surface area contributed by atoms with Gasteiger partial charge in [-0.05, 0) is 37.0 Å². The summed E-state index contributed by atoms with van der Waals surface area (Å²) in [5.41, 5.74) is 2.89. The minimum absolute atomic E-state index is 0.243. The average molecular weight is 362 g/mol. The number of aromatic nitrogens is 1. The van der Waals surface area contributed by atoms with E-state index in [-0.39, 0.29) is 19.1 Å². The largest absolute Gasteiger partial charge is 0.482 e. The highest BCUT2D eigenvalue weighted by Crippen LogP contribution is 2.27. The molecular formula is C18H22N2O4S. The van der Waals surface area contributed by atoms with E-state index in [1.807, 2.05) is 37.4 Å². The molecule has 1 amide bonds. The first-order valence-electron chi connectivity index (χ1n) is 7.96. The summed E-state index contributed by atoms with van der Waals surface area (Å²) in [6, 6.07) is 5.88. The molecule has 1 aromatic heterocycles. The van der Waals surface area contributed by atoms with E-state index >= 15 is 0 Å². The fraction of sp³-hybridized carbons (Fsp3) is 0.389. The minimum atomic E-state index is -0.596. The number of benzene rings is 1. The smallest absolute Gasteiger partial charge is 0.344 e. The predicted molar refractivity (Wildman–Crippen MR) is 97.2 cm³/mol. The topological polar surface area (TPSA) is 77.5 Å². The number of carbonyl (C=O) groups is 2. The van der Waals surface area contributed by atoms with Crippen LogP contribution in [0, 0.1) is 13.8 Å². The molecule has 2 aromatic rings. The van der Waals surface area contributed by atoms with Gasteiger partial charge in [0.15, 0.2) is 18.3 Å². The number of thiazole rings is 1. The Morgan fingerprint density at radius 3 is 2.64 bits per heavy atom. The lowest BCUT2D eigenvalue weighted by Crippen LogP contribution is -2.23. The van der Waals surface area contributed by atoms with Crippen molar-refractivity contribution in [1.82, 2.24) is 4.98 Å². The minimum Gasteiger partial charge on any atom is -0.482 e. The molecule has 134 valence electrons. The molecule has 1 aromatic carbocycles. The van der Waals surface area contributed by atoms with Gasteiger partial charge in [-0.25, -0.2) is 9.78 Å². The fourth-order valence-corrected chi connectivity index (χ4v) is 2.84. The number of anilines is 1. The summed E-state index contributed by atoms with van der Waals surface area (Å²) in [6.07, 6.45) is 0. The van der Waals surface area contributed by atoms with E-state index in [0.717, 1.165) is 16.8 Å². The number of nitrogens with one attached hydrogen (secondary N) is 1. The molecule has 0 fully saturated rings. The van der Waals surface area contributed by atoms with Gasteiger partial charge in [0.2, 0.25) is 0 Å². The molecule has 0 aliphatic carbocycles. The molecular weight excluding hydrogens is 340 g/mol. The van der Waals surface area contributed by atoms with Crippen LogP contribution in [0.3, 0.4) is 0 Å². The number of aryl methyl sites for hydroxylation is 2. The molecule has 7 heteroatoms. The highest BCUT2D eigenvalue weighted by molar-refractivity contribution is 7.13. The van der Waals surface area contributed by atoms with Gasteiger partial charge in [-0.15, -0.1) is 11.3 Å². The Hall–Kier alpha value is -2.41. The number of hydrogen-bond donors (Lipinski definition) is 1. The van der Waals surface area contributed by atoms with Gasteiger partial charge in [0, 0.05) is 5.38 Å². The lowest BCUT2D eigenvalue weighted by atomic mass is 10.0. The number of rotatable bonds is 7. The van der Waals surface area contributed by atoms with Crippen molar-refractivity contribution < 1.29 is 19.1 Å². The number of hydrogen-bond acceptors (Lipinski definition) is 6. The van der Waals surface area contributed by atoms with Crippen LogP contribution in [-0.4, -0.2) is 30.1 Å². The summed E-state index contributed by atoms with van der Waals surface area (Å²) in [5, 5.41) is 4.88. The number of carbonyl (C=O) groups excluding carboxylic acids is 2. The van der Waals surface area contributed by atoms with Crippen molar-refractivity contribution >= 4 is 28.3 Å². The molecule has 0 saturated heterocycles. The summed E-state index contributed by atoms with van der Waals surface area (Å²) in [7, 11) is 0. The van der Waals surface area contributed by atoms with Crippen molar-refractivity contribution in [1.29, 1.82) is 0 Å². The van der Waals surface area contributed by atoms with Crippen LogP contribution in [0.2, 0.25) is 0 Å². The summed E-state index contributed by atoms with van der Waals surface area (Å²) in [6.45, 7) is 7.29. The number of amides is 1. The molecule has 0 saturated carbocycles. The monoisotopic (exact) mass is 362 g/mol. The molecule has 1 heterocycles. The third-order valence-electron chi connectivity index (χ3n) is 3.37. The van der Waals surface area contributed by atoms with Gasteiger partial charge in [-0.3, -0.25) is 10.1 Å². The van der Waals surface area contributed by atoms with Crippen LogP contribution in [0.15, 0.2) is 23.6 Å². The maximum Gasteiger partial charge on any atom is 0.344 e. The molecule has 0 radical (unpaired) electrons. The molecule has 2 rings (SSSR count). The number of esters is 1. The second-order valence-electron chi connectivity index (χ2n) is 5.99. The highest BCUT2D eigenvalue weighted by Gasteiger charge is 2.13. The summed E-state index contributed by atoms with van der Waals surface area (Å²) >= 11 is 1.32. The van der Waals surface area contributed by atoms with Crippen LogP contribution in [0.5, 0.6) is 5.75 Å². The Balaban J connectivity index is 1.81. The van der Waals surface area contributed by atoms with E-state index in [2.05, 4.69) is 24.1 Å². The third-order valence-corrected chi connectivity index (χ3v) is 4.24. The predicted octanol–water partition coefficient (Wildman–Crippen LogP) is 3.44. The number of nitrogens with zero attached hydrogens (tertiary/aromatic N) is 1. The normalized spacial score (nSPS) is 10.6. The summed E-state index contributed by atoms with van der Waals surface area (Å²) in [5.74, 6) is -0.0865. The molecule has 0 aliphatic rings. The van der Waals surface area contributed by atoms with Crippen molar-refractivity contribution in [3.63, 3.8) is 0 Å². The van der Waals surface area contributed by atoms with Gasteiger partial charge in [0.25, 0.3) is 5.91 Å². The van der Waals surface area contributed by atoms with Gasteiger partial charge in [-0.2, -0.15) is 0 Å². The van der Waals surface area contributed by atoms with Crippen molar-refractivity contribution in [2.45, 2.75) is 33.6 Å². The van der Waals surface area contributed by atoms with Crippen molar-refractivity contribution in [3.05, 3.63) is 40.4 Å². The average Bonchev–Trinajstić information content (AvgIpc) is 2.95. The third kappa shape index (κ3) is 5.86. The van der Waals surface area contributed by atoms with Crippen LogP contribution >= 0.6 is 11.3 Å². The van der Waals surface area contributed by atoms with E-state index < -0.39 is 11.9 Å². The van der Waals surface area contributed by atoms with E-state index in [1.54, 1.807) is 0 Å². The van der Waals surface area contributed by atoms with Gasteiger partial charge in [0.1, 0.15) is 5.75 Å². The lowest BCUT2D eigenvalue weighted by Gasteiger charge is -2.14. The molecule has 25 heavy (non-hydrogen) atoms. The van der Waals surface area contributed by atoms with Crippen LogP contribution in [-0.2, 0) is 14.3 Å². The Morgan fingerprint density at radius 1 is 1.24 bits per heavy atom. The van der Waals surface area contributed by atoms with Crippen molar-refractivity contribution in [2.75, 3.05) is 18.5 Å². The quantitative estimate of drug-likeness (QED) is 0.764. The second kappa shape index (κ2) is 8.62.